The Morgan fingerprint density at radius 2 is 2.00 bits per heavy atom. The van der Waals surface area contributed by atoms with Gasteiger partial charge < -0.3 is 15.0 Å². The Labute approximate surface area is 163 Å². The molecule has 0 atom stereocenters. The molecule has 1 aliphatic rings. The molecule has 142 valence electrons. The Hall–Kier alpha value is -2.60. The number of rotatable bonds is 5. The number of ether oxygens (including phenoxy) is 1. The molecular weight excluding hydrogens is 366 g/mol. The minimum atomic E-state index is -0.563. The zero-order valence-corrected chi connectivity index (χ0v) is 16.2. The molecule has 0 radical (unpaired) electrons. The van der Waals surface area contributed by atoms with E-state index >= 15 is 0 Å². The summed E-state index contributed by atoms with van der Waals surface area (Å²) in [6, 6.07) is 7.05. The standard InChI is InChI=1S/C20H22ClN3O3/c1-13-10-14(2)18(16(21)11-13)23-17(25)12-27-20(26)15-6-5-7-22-19(15)24-8-3-4-9-24/h5-7,10-11H,3-4,8-9,12H2,1-2H3,(H,23,25). The molecule has 0 unspecified atom stereocenters. The van der Waals surface area contributed by atoms with Crippen LogP contribution < -0.4 is 10.2 Å². The minimum absolute atomic E-state index is 0.372. The van der Waals surface area contributed by atoms with Crippen molar-refractivity contribution in [2.45, 2.75) is 26.7 Å². The van der Waals surface area contributed by atoms with Crippen molar-refractivity contribution < 1.29 is 14.3 Å². The van der Waals surface area contributed by atoms with Gasteiger partial charge in [0.2, 0.25) is 0 Å². The molecule has 2 heterocycles. The predicted octanol–water partition coefficient (Wildman–Crippen LogP) is 3.75. The molecular formula is C20H22ClN3O3. The normalized spacial score (nSPS) is 13.5. The van der Waals surface area contributed by atoms with E-state index in [9.17, 15) is 9.59 Å². The Balaban J connectivity index is 1.64. The largest absolute Gasteiger partial charge is 0.452 e. The smallest absolute Gasteiger partial charge is 0.342 e. The van der Waals surface area contributed by atoms with E-state index in [1.807, 2.05) is 19.9 Å². The summed E-state index contributed by atoms with van der Waals surface area (Å²) in [7, 11) is 0. The number of aryl methyl sites for hydroxylation is 2. The van der Waals surface area contributed by atoms with Gasteiger partial charge in [-0.05, 0) is 56.0 Å². The van der Waals surface area contributed by atoms with Crippen LogP contribution in [0.4, 0.5) is 11.5 Å². The molecule has 0 spiro atoms. The number of hydrogen-bond donors (Lipinski definition) is 1. The minimum Gasteiger partial charge on any atom is -0.452 e. The number of nitrogens with one attached hydrogen (secondary N) is 1. The summed E-state index contributed by atoms with van der Waals surface area (Å²) in [6.45, 7) is 5.12. The van der Waals surface area contributed by atoms with Crippen LogP contribution in [0.15, 0.2) is 30.5 Å². The average molecular weight is 388 g/mol. The number of carbonyl (C=O) groups is 2. The monoisotopic (exact) mass is 387 g/mol. The van der Waals surface area contributed by atoms with Crippen molar-refractivity contribution in [3.63, 3.8) is 0 Å². The van der Waals surface area contributed by atoms with Crippen molar-refractivity contribution in [1.82, 2.24) is 4.98 Å². The lowest BCUT2D eigenvalue weighted by Gasteiger charge is -2.19. The molecule has 2 aromatic rings. The van der Waals surface area contributed by atoms with Crippen molar-refractivity contribution in [3.05, 3.63) is 52.2 Å². The van der Waals surface area contributed by atoms with E-state index in [1.165, 1.54) is 0 Å². The fraction of sp³-hybridized carbons (Fsp3) is 0.350. The fourth-order valence-electron chi connectivity index (χ4n) is 3.20. The molecule has 0 bridgehead atoms. The maximum absolute atomic E-state index is 12.5. The van der Waals surface area contributed by atoms with Gasteiger partial charge in [0.15, 0.2) is 6.61 Å². The summed E-state index contributed by atoms with van der Waals surface area (Å²) < 4.78 is 5.21. The molecule has 1 N–H and O–H groups in total. The van der Waals surface area contributed by atoms with Crippen LogP contribution in [0, 0.1) is 13.8 Å². The third-order valence-electron chi connectivity index (χ3n) is 4.44. The van der Waals surface area contributed by atoms with Gasteiger partial charge >= 0.3 is 5.97 Å². The topological polar surface area (TPSA) is 71.5 Å². The molecule has 7 heteroatoms. The Kier molecular flexibility index (Phi) is 5.96. The Morgan fingerprint density at radius 1 is 1.26 bits per heavy atom. The molecule has 0 aliphatic carbocycles. The lowest BCUT2D eigenvalue weighted by molar-refractivity contribution is -0.119. The second-order valence-corrected chi connectivity index (χ2v) is 7.04. The first-order chi connectivity index (χ1) is 13.0. The highest BCUT2D eigenvalue weighted by atomic mass is 35.5. The molecule has 1 amide bonds. The van der Waals surface area contributed by atoms with Crippen LogP contribution in [0.3, 0.4) is 0 Å². The zero-order chi connectivity index (χ0) is 19.4. The average Bonchev–Trinajstić information content (AvgIpc) is 3.17. The van der Waals surface area contributed by atoms with Crippen LogP contribution in [0.25, 0.3) is 0 Å². The van der Waals surface area contributed by atoms with Crippen LogP contribution in [0.5, 0.6) is 0 Å². The Morgan fingerprint density at radius 3 is 2.70 bits per heavy atom. The molecule has 0 saturated carbocycles. The van der Waals surface area contributed by atoms with Gasteiger partial charge in [-0.3, -0.25) is 4.79 Å². The highest BCUT2D eigenvalue weighted by Crippen LogP contribution is 2.27. The van der Waals surface area contributed by atoms with Gasteiger partial charge in [-0.25, -0.2) is 9.78 Å². The molecule has 1 aromatic carbocycles. The van der Waals surface area contributed by atoms with Crippen LogP contribution >= 0.6 is 11.6 Å². The quantitative estimate of drug-likeness (QED) is 0.791. The van der Waals surface area contributed by atoms with Crippen LogP contribution in [0.1, 0.15) is 34.3 Å². The number of amides is 1. The highest BCUT2D eigenvalue weighted by Gasteiger charge is 2.22. The second kappa shape index (κ2) is 8.39. The van der Waals surface area contributed by atoms with Crippen LogP contribution in [-0.2, 0) is 9.53 Å². The number of benzene rings is 1. The van der Waals surface area contributed by atoms with E-state index in [0.29, 0.717) is 22.1 Å². The number of pyridine rings is 1. The SMILES string of the molecule is Cc1cc(C)c(NC(=O)COC(=O)c2cccnc2N2CCCC2)c(Cl)c1. The zero-order valence-electron chi connectivity index (χ0n) is 15.4. The van der Waals surface area contributed by atoms with Crippen LogP contribution in [-0.4, -0.2) is 36.6 Å². The fourth-order valence-corrected chi connectivity index (χ4v) is 3.56. The predicted molar refractivity (Wildman–Crippen MR) is 106 cm³/mol. The lowest BCUT2D eigenvalue weighted by Crippen LogP contribution is -2.25. The first-order valence-electron chi connectivity index (χ1n) is 8.89. The van der Waals surface area contributed by atoms with E-state index in [4.69, 9.17) is 16.3 Å². The highest BCUT2D eigenvalue weighted by molar-refractivity contribution is 6.34. The van der Waals surface area contributed by atoms with E-state index in [0.717, 1.165) is 37.1 Å². The number of nitrogens with zero attached hydrogens (tertiary/aromatic N) is 2. The summed E-state index contributed by atoms with van der Waals surface area (Å²) in [5, 5.41) is 3.16. The van der Waals surface area contributed by atoms with Gasteiger partial charge in [-0.2, -0.15) is 0 Å². The lowest BCUT2D eigenvalue weighted by atomic mass is 10.1. The number of hydrogen-bond acceptors (Lipinski definition) is 5. The number of halogens is 1. The summed E-state index contributed by atoms with van der Waals surface area (Å²) >= 11 is 6.19. The van der Waals surface area contributed by atoms with Gasteiger partial charge in [0.25, 0.3) is 5.91 Å². The van der Waals surface area contributed by atoms with Gasteiger partial charge in [0, 0.05) is 19.3 Å². The molecule has 27 heavy (non-hydrogen) atoms. The number of aromatic nitrogens is 1. The Bertz CT molecular complexity index is 840. The van der Waals surface area contributed by atoms with Gasteiger partial charge in [-0.15, -0.1) is 0 Å². The number of anilines is 2. The molecule has 6 nitrogen and oxygen atoms in total. The third kappa shape index (κ3) is 4.57. The van der Waals surface area contributed by atoms with Crippen LogP contribution in [0.2, 0.25) is 5.02 Å². The number of esters is 1. The first kappa shape index (κ1) is 19.2. The molecule has 1 aromatic heterocycles. The van der Waals surface area contributed by atoms with Crippen molar-refractivity contribution in [3.8, 4) is 0 Å². The molecule has 1 fully saturated rings. The van der Waals surface area contributed by atoms with Gasteiger partial charge in [0.1, 0.15) is 11.4 Å². The van der Waals surface area contributed by atoms with E-state index in [-0.39, 0.29) is 0 Å². The van der Waals surface area contributed by atoms with E-state index in [2.05, 4.69) is 15.2 Å². The first-order valence-corrected chi connectivity index (χ1v) is 9.27. The van der Waals surface area contributed by atoms with Crippen molar-refractivity contribution >= 4 is 35.0 Å². The molecule has 3 rings (SSSR count). The number of carbonyl (C=O) groups excluding carboxylic acids is 2. The van der Waals surface area contributed by atoms with E-state index < -0.39 is 18.5 Å². The summed E-state index contributed by atoms with van der Waals surface area (Å²) in [6.07, 6.45) is 3.80. The molecule has 1 aliphatic heterocycles. The second-order valence-electron chi connectivity index (χ2n) is 6.63. The van der Waals surface area contributed by atoms with Gasteiger partial charge in [0.05, 0.1) is 10.7 Å². The van der Waals surface area contributed by atoms with Gasteiger partial charge in [-0.1, -0.05) is 17.7 Å². The van der Waals surface area contributed by atoms with Crippen molar-refractivity contribution in [2.24, 2.45) is 0 Å². The third-order valence-corrected chi connectivity index (χ3v) is 4.74. The summed E-state index contributed by atoms with van der Waals surface area (Å²) in [5.74, 6) is -0.395. The van der Waals surface area contributed by atoms with E-state index in [1.54, 1.807) is 24.4 Å². The maximum atomic E-state index is 12.5. The maximum Gasteiger partial charge on any atom is 0.342 e. The van der Waals surface area contributed by atoms with Crippen molar-refractivity contribution in [2.75, 3.05) is 29.9 Å². The van der Waals surface area contributed by atoms with Crippen molar-refractivity contribution in [1.29, 1.82) is 0 Å². The molecule has 1 saturated heterocycles. The summed E-state index contributed by atoms with van der Waals surface area (Å²) in [5.41, 5.74) is 2.76. The summed E-state index contributed by atoms with van der Waals surface area (Å²) in [4.78, 5) is 31.0.